The first-order chi connectivity index (χ1) is 10.1. The van der Waals surface area contributed by atoms with Gasteiger partial charge in [0.15, 0.2) is 0 Å². The Balaban J connectivity index is 1.95. The van der Waals surface area contributed by atoms with Crippen LogP contribution in [0.5, 0.6) is 5.75 Å². The zero-order valence-electron chi connectivity index (χ0n) is 12.6. The quantitative estimate of drug-likeness (QED) is 0.845. The van der Waals surface area contributed by atoms with Crippen molar-refractivity contribution in [1.29, 1.82) is 5.26 Å². The summed E-state index contributed by atoms with van der Waals surface area (Å²) in [5.74, 6) is 1.56. The van der Waals surface area contributed by atoms with E-state index in [9.17, 15) is 0 Å². The number of benzene rings is 1. The van der Waals surface area contributed by atoms with Crippen LogP contribution in [0.25, 0.3) is 0 Å². The standard InChI is InChI=1S/C17H19N3O/c1-13-9-14(2)11-16(10-13)21-8-7-20(3)17-15(12-18)5-4-6-19-17/h4-6,9-11H,7-8H2,1-3H3. The third-order valence-corrected chi connectivity index (χ3v) is 3.16. The minimum Gasteiger partial charge on any atom is -0.492 e. The van der Waals surface area contributed by atoms with Crippen LogP contribution in [0.1, 0.15) is 16.7 Å². The van der Waals surface area contributed by atoms with E-state index in [4.69, 9.17) is 10.00 Å². The number of aryl methyl sites for hydroxylation is 2. The molecule has 0 radical (unpaired) electrons. The third kappa shape index (κ3) is 3.96. The fourth-order valence-corrected chi connectivity index (χ4v) is 2.21. The lowest BCUT2D eigenvalue weighted by molar-refractivity contribution is 0.325. The molecule has 21 heavy (non-hydrogen) atoms. The molecule has 4 nitrogen and oxygen atoms in total. The second-order valence-electron chi connectivity index (χ2n) is 5.08. The summed E-state index contributed by atoms with van der Waals surface area (Å²) in [6.45, 7) is 5.32. The van der Waals surface area contributed by atoms with Gasteiger partial charge in [-0.25, -0.2) is 4.98 Å². The van der Waals surface area contributed by atoms with Gasteiger partial charge in [0.2, 0.25) is 0 Å². The normalized spacial score (nSPS) is 10.0. The Morgan fingerprint density at radius 3 is 2.62 bits per heavy atom. The monoisotopic (exact) mass is 281 g/mol. The molecule has 1 aromatic carbocycles. The number of nitrogens with zero attached hydrogens (tertiary/aromatic N) is 3. The Bertz CT molecular complexity index is 641. The number of aromatic nitrogens is 1. The van der Waals surface area contributed by atoms with Gasteiger partial charge in [-0.15, -0.1) is 0 Å². The van der Waals surface area contributed by atoms with Crippen molar-refractivity contribution in [2.24, 2.45) is 0 Å². The van der Waals surface area contributed by atoms with Crippen LogP contribution in [0.2, 0.25) is 0 Å². The van der Waals surface area contributed by atoms with E-state index in [1.807, 2.05) is 24.1 Å². The fourth-order valence-electron chi connectivity index (χ4n) is 2.21. The minimum absolute atomic E-state index is 0.542. The molecule has 1 aromatic heterocycles. The molecule has 0 bridgehead atoms. The summed E-state index contributed by atoms with van der Waals surface area (Å²) in [4.78, 5) is 6.18. The molecule has 1 heterocycles. The summed E-state index contributed by atoms with van der Waals surface area (Å²) in [7, 11) is 1.91. The number of hydrogen-bond donors (Lipinski definition) is 0. The number of rotatable bonds is 5. The van der Waals surface area contributed by atoms with Gasteiger partial charge >= 0.3 is 0 Å². The predicted molar refractivity (Wildman–Crippen MR) is 83.6 cm³/mol. The number of hydrogen-bond acceptors (Lipinski definition) is 4. The molecule has 0 unspecified atom stereocenters. The average Bonchev–Trinajstić information content (AvgIpc) is 2.46. The van der Waals surface area contributed by atoms with Crippen molar-refractivity contribution < 1.29 is 4.74 Å². The van der Waals surface area contributed by atoms with Crippen molar-refractivity contribution in [3.8, 4) is 11.8 Å². The van der Waals surface area contributed by atoms with Gasteiger partial charge in [-0.2, -0.15) is 5.26 Å². The highest BCUT2D eigenvalue weighted by molar-refractivity contribution is 5.52. The molecule has 0 aliphatic carbocycles. The predicted octanol–water partition coefficient (Wildman–Crippen LogP) is 3.09. The van der Waals surface area contributed by atoms with Crippen LogP contribution in [-0.2, 0) is 0 Å². The van der Waals surface area contributed by atoms with Crippen molar-refractivity contribution in [1.82, 2.24) is 4.98 Å². The highest BCUT2D eigenvalue weighted by Crippen LogP contribution is 2.17. The van der Waals surface area contributed by atoms with Crippen LogP contribution in [0.3, 0.4) is 0 Å². The first-order valence-corrected chi connectivity index (χ1v) is 6.87. The SMILES string of the molecule is Cc1cc(C)cc(OCCN(C)c2ncccc2C#N)c1. The molecule has 2 aromatic rings. The van der Waals surface area contributed by atoms with Gasteiger partial charge in [0.25, 0.3) is 0 Å². The third-order valence-electron chi connectivity index (χ3n) is 3.16. The van der Waals surface area contributed by atoms with Gasteiger partial charge in [-0.05, 0) is 49.2 Å². The molecular formula is C17H19N3O. The zero-order valence-corrected chi connectivity index (χ0v) is 12.6. The largest absolute Gasteiger partial charge is 0.492 e. The van der Waals surface area contributed by atoms with E-state index >= 15 is 0 Å². The Labute approximate surface area is 125 Å². The van der Waals surface area contributed by atoms with Crippen LogP contribution in [0.4, 0.5) is 5.82 Å². The van der Waals surface area contributed by atoms with E-state index in [1.165, 1.54) is 11.1 Å². The van der Waals surface area contributed by atoms with E-state index in [2.05, 4.69) is 31.0 Å². The number of pyridine rings is 1. The lowest BCUT2D eigenvalue weighted by atomic mass is 10.1. The average molecular weight is 281 g/mol. The summed E-state index contributed by atoms with van der Waals surface area (Å²) in [6, 6.07) is 11.8. The number of anilines is 1. The zero-order chi connectivity index (χ0) is 15.2. The lowest BCUT2D eigenvalue weighted by Gasteiger charge is -2.19. The van der Waals surface area contributed by atoms with Crippen LogP contribution >= 0.6 is 0 Å². The molecular weight excluding hydrogens is 262 g/mol. The smallest absolute Gasteiger partial charge is 0.146 e. The highest BCUT2D eigenvalue weighted by Gasteiger charge is 2.08. The fraction of sp³-hybridized carbons (Fsp3) is 0.294. The van der Waals surface area contributed by atoms with Crippen molar-refractivity contribution in [2.45, 2.75) is 13.8 Å². The second-order valence-corrected chi connectivity index (χ2v) is 5.08. The minimum atomic E-state index is 0.542. The molecule has 0 saturated heterocycles. The van der Waals surface area contributed by atoms with Crippen LogP contribution in [0.15, 0.2) is 36.5 Å². The molecule has 0 atom stereocenters. The molecule has 0 spiro atoms. The molecule has 0 N–H and O–H groups in total. The van der Waals surface area contributed by atoms with Gasteiger partial charge in [-0.1, -0.05) is 6.07 Å². The molecule has 2 rings (SSSR count). The molecule has 108 valence electrons. The van der Waals surface area contributed by atoms with Gasteiger partial charge in [0.1, 0.15) is 24.2 Å². The second kappa shape index (κ2) is 6.76. The molecule has 0 aliphatic heterocycles. The number of nitriles is 1. The first kappa shape index (κ1) is 14.9. The Kier molecular flexibility index (Phi) is 4.78. The summed E-state index contributed by atoms with van der Waals surface area (Å²) in [5, 5.41) is 9.08. The van der Waals surface area contributed by atoms with Gasteiger partial charge in [0, 0.05) is 13.2 Å². The first-order valence-electron chi connectivity index (χ1n) is 6.87. The van der Waals surface area contributed by atoms with Crippen LogP contribution < -0.4 is 9.64 Å². The summed E-state index contributed by atoms with van der Waals surface area (Å²) in [6.07, 6.45) is 1.69. The maximum Gasteiger partial charge on any atom is 0.146 e. The number of likely N-dealkylation sites (N-methyl/N-ethyl adjacent to an activating group) is 1. The van der Waals surface area contributed by atoms with E-state index < -0.39 is 0 Å². The highest BCUT2D eigenvalue weighted by atomic mass is 16.5. The summed E-state index contributed by atoms with van der Waals surface area (Å²) in [5.41, 5.74) is 2.95. The van der Waals surface area contributed by atoms with E-state index in [0.29, 0.717) is 24.5 Å². The molecule has 0 amide bonds. The van der Waals surface area contributed by atoms with E-state index in [1.54, 1.807) is 18.3 Å². The van der Waals surface area contributed by atoms with E-state index in [-0.39, 0.29) is 0 Å². The van der Waals surface area contributed by atoms with Crippen LogP contribution in [0, 0.1) is 25.2 Å². The molecule has 4 heteroatoms. The van der Waals surface area contributed by atoms with Crippen molar-refractivity contribution in [3.05, 3.63) is 53.2 Å². The van der Waals surface area contributed by atoms with Crippen molar-refractivity contribution in [3.63, 3.8) is 0 Å². The Hall–Kier alpha value is -2.54. The van der Waals surface area contributed by atoms with Gasteiger partial charge in [-0.3, -0.25) is 0 Å². The summed E-state index contributed by atoms with van der Waals surface area (Å²) >= 11 is 0. The Morgan fingerprint density at radius 2 is 1.95 bits per heavy atom. The van der Waals surface area contributed by atoms with Gasteiger partial charge < -0.3 is 9.64 Å². The molecule has 0 aliphatic rings. The Morgan fingerprint density at radius 1 is 1.24 bits per heavy atom. The van der Waals surface area contributed by atoms with Crippen LogP contribution in [-0.4, -0.2) is 25.2 Å². The topological polar surface area (TPSA) is 49.1 Å². The van der Waals surface area contributed by atoms with Gasteiger partial charge in [0.05, 0.1) is 12.1 Å². The van der Waals surface area contributed by atoms with E-state index in [0.717, 1.165) is 5.75 Å². The maximum absolute atomic E-state index is 9.08. The van der Waals surface area contributed by atoms with Crippen molar-refractivity contribution in [2.75, 3.05) is 25.1 Å². The maximum atomic E-state index is 9.08. The summed E-state index contributed by atoms with van der Waals surface area (Å²) < 4.78 is 5.78. The molecule has 0 saturated carbocycles. The van der Waals surface area contributed by atoms with Crippen molar-refractivity contribution >= 4 is 5.82 Å². The lowest BCUT2D eigenvalue weighted by Crippen LogP contribution is -2.25. The molecule has 0 fully saturated rings. The number of ether oxygens (including phenoxy) is 1.